The van der Waals surface area contributed by atoms with Gasteiger partial charge in [-0.15, -0.1) is 0 Å². The summed E-state index contributed by atoms with van der Waals surface area (Å²) >= 11 is 0. The maximum atomic E-state index is 5.80. The summed E-state index contributed by atoms with van der Waals surface area (Å²) in [5.41, 5.74) is 6.33. The first-order valence-electron chi connectivity index (χ1n) is 7.13. The fourth-order valence-corrected chi connectivity index (χ4v) is 2.87. The van der Waals surface area contributed by atoms with Gasteiger partial charge in [0.2, 0.25) is 0 Å². The van der Waals surface area contributed by atoms with Crippen LogP contribution in [-0.2, 0) is 11.2 Å². The van der Waals surface area contributed by atoms with Crippen LogP contribution in [-0.4, -0.2) is 13.7 Å². The van der Waals surface area contributed by atoms with Crippen LogP contribution in [0.3, 0.4) is 0 Å². The molecule has 0 saturated heterocycles. The van der Waals surface area contributed by atoms with Gasteiger partial charge in [0, 0.05) is 13.5 Å². The molecule has 0 amide bonds. The Kier molecular flexibility index (Phi) is 4.20. The minimum Gasteiger partial charge on any atom is -0.493 e. The summed E-state index contributed by atoms with van der Waals surface area (Å²) in [6, 6.07) is 16.2. The van der Waals surface area contributed by atoms with Gasteiger partial charge < -0.3 is 9.47 Å². The van der Waals surface area contributed by atoms with E-state index in [1.807, 2.05) is 30.3 Å². The number of nitrogens with two attached hydrogens (primary N) is 1. The smallest absolute Gasteiger partial charge is 0.122 e. The Morgan fingerprint density at radius 2 is 1.95 bits per heavy atom. The first kappa shape index (κ1) is 14.1. The largest absolute Gasteiger partial charge is 0.493 e. The van der Waals surface area contributed by atoms with Crippen LogP contribution in [0.1, 0.15) is 28.8 Å². The van der Waals surface area contributed by atoms with Gasteiger partial charge in [-0.25, -0.2) is 0 Å². The molecular weight excluding hydrogens is 264 g/mol. The second-order valence-corrected chi connectivity index (χ2v) is 5.18. The number of nitrogens with one attached hydrogen (secondary N) is 1. The molecule has 0 aromatic heterocycles. The van der Waals surface area contributed by atoms with Crippen molar-refractivity contribution in [2.45, 2.75) is 18.6 Å². The number of rotatable bonds is 5. The highest BCUT2D eigenvalue weighted by Gasteiger charge is 2.25. The van der Waals surface area contributed by atoms with Crippen molar-refractivity contribution in [1.82, 2.24) is 5.43 Å². The van der Waals surface area contributed by atoms with Crippen molar-refractivity contribution in [2.75, 3.05) is 13.7 Å². The topological polar surface area (TPSA) is 56.5 Å². The second kappa shape index (κ2) is 6.26. The zero-order valence-electron chi connectivity index (χ0n) is 12.1. The zero-order chi connectivity index (χ0) is 14.7. The van der Waals surface area contributed by atoms with Crippen molar-refractivity contribution < 1.29 is 9.47 Å². The number of hydrogen-bond donors (Lipinski definition) is 2. The third-order valence-electron chi connectivity index (χ3n) is 3.94. The van der Waals surface area contributed by atoms with Gasteiger partial charge in [0.25, 0.3) is 0 Å². The number of hydrazine groups is 1. The third-order valence-corrected chi connectivity index (χ3v) is 3.94. The van der Waals surface area contributed by atoms with E-state index in [0.717, 1.165) is 29.9 Å². The van der Waals surface area contributed by atoms with Gasteiger partial charge in [-0.1, -0.05) is 42.5 Å². The Hall–Kier alpha value is -1.88. The highest BCUT2D eigenvalue weighted by atomic mass is 16.5. The highest BCUT2D eigenvalue weighted by Crippen LogP contribution is 2.34. The molecule has 4 nitrogen and oxygen atoms in total. The minimum atomic E-state index is -0.142. The van der Waals surface area contributed by atoms with Crippen LogP contribution in [0.15, 0.2) is 48.5 Å². The fraction of sp³-hybridized carbons (Fsp3) is 0.294. The van der Waals surface area contributed by atoms with E-state index in [-0.39, 0.29) is 12.1 Å². The first-order valence-corrected chi connectivity index (χ1v) is 7.13. The molecule has 0 aliphatic carbocycles. The van der Waals surface area contributed by atoms with E-state index in [1.54, 1.807) is 7.11 Å². The quantitative estimate of drug-likeness (QED) is 0.654. The average molecular weight is 284 g/mol. The summed E-state index contributed by atoms with van der Waals surface area (Å²) in [6.07, 6.45) is 0.806. The molecule has 3 N–H and O–H groups in total. The van der Waals surface area contributed by atoms with Gasteiger partial charge in [0.05, 0.1) is 12.6 Å². The van der Waals surface area contributed by atoms with Gasteiger partial charge in [-0.3, -0.25) is 11.3 Å². The van der Waals surface area contributed by atoms with Crippen molar-refractivity contribution in [3.8, 4) is 5.75 Å². The van der Waals surface area contributed by atoms with E-state index in [1.165, 1.54) is 5.56 Å². The molecule has 3 rings (SSSR count). The van der Waals surface area contributed by atoms with Crippen LogP contribution in [0.5, 0.6) is 5.75 Å². The van der Waals surface area contributed by atoms with Crippen molar-refractivity contribution in [1.29, 1.82) is 0 Å². The average Bonchev–Trinajstić information content (AvgIpc) is 3.00. The van der Waals surface area contributed by atoms with Crippen molar-refractivity contribution >= 4 is 0 Å². The molecule has 0 bridgehead atoms. The molecule has 21 heavy (non-hydrogen) atoms. The third kappa shape index (κ3) is 2.78. The summed E-state index contributed by atoms with van der Waals surface area (Å²) < 4.78 is 11.2. The fourth-order valence-electron chi connectivity index (χ4n) is 2.87. The number of ether oxygens (including phenoxy) is 2. The lowest BCUT2D eigenvalue weighted by Gasteiger charge is -2.26. The lowest BCUT2D eigenvalue weighted by atomic mass is 9.94. The summed E-state index contributed by atoms with van der Waals surface area (Å²) in [5.74, 6) is 6.78. The molecule has 1 aliphatic rings. The van der Waals surface area contributed by atoms with Gasteiger partial charge in [-0.2, -0.15) is 0 Å². The monoisotopic (exact) mass is 284 g/mol. The van der Waals surface area contributed by atoms with Crippen LogP contribution < -0.4 is 16.0 Å². The molecule has 0 fully saturated rings. The zero-order valence-corrected chi connectivity index (χ0v) is 12.1. The maximum absolute atomic E-state index is 5.80. The number of hydrogen-bond acceptors (Lipinski definition) is 4. The Morgan fingerprint density at radius 3 is 2.67 bits per heavy atom. The van der Waals surface area contributed by atoms with Crippen molar-refractivity contribution in [3.63, 3.8) is 0 Å². The van der Waals surface area contributed by atoms with E-state index in [4.69, 9.17) is 15.3 Å². The standard InChI is InChI=1S/C17H20N2O2/c1-20-17(12-5-3-2-4-6-12)16(19-18)14-7-8-15-13(11-14)9-10-21-15/h2-8,11,16-17,19H,9-10,18H2,1H3. The lowest BCUT2D eigenvalue weighted by molar-refractivity contribution is 0.0676. The van der Waals surface area contributed by atoms with Crippen molar-refractivity contribution in [2.24, 2.45) is 5.84 Å². The molecule has 4 heteroatoms. The molecule has 1 heterocycles. The minimum absolute atomic E-state index is 0.108. The summed E-state index contributed by atoms with van der Waals surface area (Å²) in [5, 5.41) is 0. The normalized spacial score (nSPS) is 16.1. The maximum Gasteiger partial charge on any atom is 0.122 e. The van der Waals surface area contributed by atoms with E-state index in [9.17, 15) is 0 Å². The number of benzene rings is 2. The van der Waals surface area contributed by atoms with E-state index in [2.05, 4.69) is 23.6 Å². The molecule has 2 unspecified atom stereocenters. The van der Waals surface area contributed by atoms with Gasteiger partial charge in [0.15, 0.2) is 0 Å². The molecular formula is C17H20N2O2. The molecule has 0 spiro atoms. The van der Waals surface area contributed by atoms with E-state index in [0.29, 0.717) is 0 Å². The molecule has 2 aromatic carbocycles. The Labute approximate surface area is 124 Å². The lowest BCUT2D eigenvalue weighted by Crippen LogP contribution is -2.33. The Morgan fingerprint density at radius 1 is 1.14 bits per heavy atom. The van der Waals surface area contributed by atoms with Crippen LogP contribution >= 0.6 is 0 Å². The summed E-state index contributed by atoms with van der Waals surface area (Å²) in [6.45, 7) is 0.756. The molecule has 0 radical (unpaired) electrons. The Bertz CT molecular complexity index is 601. The van der Waals surface area contributed by atoms with E-state index < -0.39 is 0 Å². The van der Waals surface area contributed by atoms with Gasteiger partial charge >= 0.3 is 0 Å². The molecule has 2 atom stereocenters. The molecule has 2 aromatic rings. The second-order valence-electron chi connectivity index (χ2n) is 5.18. The highest BCUT2D eigenvalue weighted by molar-refractivity contribution is 5.41. The molecule has 1 aliphatic heterocycles. The SMILES string of the molecule is COC(c1ccccc1)C(NN)c1ccc2c(c1)CCO2. The van der Waals surface area contributed by atoms with Crippen LogP contribution in [0.25, 0.3) is 0 Å². The predicted octanol–water partition coefficient (Wildman–Crippen LogP) is 2.51. The van der Waals surface area contributed by atoms with Crippen LogP contribution in [0.2, 0.25) is 0 Å². The first-order chi connectivity index (χ1) is 10.3. The van der Waals surface area contributed by atoms with Crippen molar-refractivity contribution in [3.05, 3.63) is 65.2 Å². The Balaban J connectivity index is 1.93. The summed E-state index contributed by atoms with van der Waals surface area (Å²) in [7, 11) is 1.71. The van der Waals surface area contributed by atoms with Crippen LogP contribution in [0.4, 0.5) is 0 Å². The molecule has 110 valence electrons. The van der Waals surface area contributed by atoms with E-state index >= 15 is 0 Å². The predicted molar refractivity (Wildman–Crippen MR) is 81.9 cm³/mol. The van der Waals surface area contributed by atoms with Gasteiger partial charge in [-0.05, 0) is 22.8 Å². The molecule has 0 saturated carbocycles. The van der Waals surface area contributed by atoms with Crippen LogP contribution in [0, 0.1) is 0 Å². The number of fused-ring (bicyclic) bond motifs is 1. The van der Waals surface area contributed by atoms with Gasteiger partial charge in [0.1, 0.15) is 11.9 Å². The summed E-state index contributed by atoms with van der Waals surface area (Å²) in [4.78, 5) is 0. The number of methoxy groups -OCH3 is 1.